The van der Waals surface area contributed by atoms with Crippen LogP contribution < -0.4 is 5.32 Å². The lowest BCUT2D eigenvalue weighted by Crippen LogP contribution is -2.36. The van der Waals surface area contributed by atoms with Crippen molar-refractivity contribution in [3.8, 4) is 11.1 Å². The van der Waals surface area contributed by atoms with Gasteiger partial charge in [0.15, 0.2) is 0 Å². The Hall–Kier alpha value is -4.42. The Labute approximate surface area is 239 Å². The number of hydrogen-bond acceptors (Lipinski definition) is 3. The third-order valence-corrected chi connectivity index (χ3v) is 6.98. The van der Waals surface area contributed by atoms with E-state index >= 15 is 0 Å². The van der Waals surface area contributed by atoms with Crippen LogP contribution in [0.5, 0.6) is 0 Å². The van der Waals surface area contributed by atoms with E-state index in [1.54, 1.807) is 41.3 Å². The Bertz CT molecular complexity index is 1470. The number of aliphatic carboxylic acids is 1. The van der Waals surface area contributed by atoms with Crippen LogP contribution in [0.4, 0.5) is 0 Å². The van der Waals surface area contributed by atoms with Gasteiger partial charge in [0, 0.05) is 35.8 Å². The van der Waals surface area contributed by atoms with Crippen molar-refractivity contribution in [3.05, 3.63) is 130 Å². The van der Waals surface area contributed by atoms with Crippen molar-refractivity contribution in [3.63, 3.8) is 0 Å². The highest BCUT2D eigenvalue weighted by molar-refractivity contribution is 6.30. The van der Waals surface area contributed by atoms with Gasteiger partial charge in [0.2, 0.25) is 0 Å². The number of carboxylic acid groups (broad SMARTS) is 1. The maximum absolute atomic E-state index is 14.0. The largest absolute Gasteiger partial charge is 0.481 e. The average molecular weight is 555 g/mol. The maximum Gasteiger partial charge on any atom is 0.305 e. The molecule has 6 nitrogen and oxygen atoms in total. The molecule has 7 heteroatoms. The molecule has 0 aliphatic heterocycles. The molecule has 0 aliphatic rings. The number of halogens is 1. The molecule has 0 aliphatic carbocycles. The van der Waals surface area contributed by atoms with Gasteiger partial charge >= 0.3 is 5.97 Å². The lowest BCUT2D eigenvalue weighted by atomic mass is 9.93. The summed E-state index contributed by atoms with van der Waals surface area (Å²) in [5.74, 6) is -1.53. The zero-order valence-electron chi connectivity index (χ0n) is 22.2. The summed E-state index contributed by atoms with van der Waals surface area (Å²) >= 11 is 5.97. The molecule has 0 saturated carbocycles. The minimum Gasteiger partial charge on any atom is -0.481 e. The van der Waals surface area contributed by atoms with Crippen molar-refractivity contribution >= 4 is 29.4 Å². The zero-order chi connectivity index (χ0) is 28.5. The van der Waals surface area contributed by atoms with Gasteiger partial charge in [-0.2, -0.15) is 0 Å². The molecule has 2 N–H and O–H groups in total. The standard InChI is InChI=1S/C33H31ClN2O4/c1-23(25-9-3-2-4-10-25)22-36(20-19-31(37)38)33(40)30-14-8-6-12-28(30)27-11-5-7-13-29(27)32(39)35-21-24-15-17-26(34)18-16-24/h2-18,23H,19-22H2,1H3,(H,35,39)(H,37,38). The first-order valence-electron chi connectivity index (χ1n) is 13.1. The molecular weight excluding hydrogens is 524 g/mol. The topological polar surface area (TPSA) is 86.7 Å². The Morgan fingerprint density at radius 1 is 0.800 bits per heavy atom. The molecule has 40 heavy (non-hydrogen) atoms. The van der Waals surface area contributed by atoms with Gasteiger partial charge in [-0.25, -0.2) is 0 Å². The average Bonchev–Trinajstić information content (AvgIpc) is 2.98. The molecule has 2 amide bonds. The predicted molar refractivity (Wildman–Crippen MR) is 158 cm³/mol. The molecule has 4 aromatic rings. The van der Waals surface area contributed by atoms with Gasteiger partial charge in [0.05, 0.1) is 6.42 Å². The molecule has 4 aromatic carbocycles. The first-order chi connectivity index (χ1) is 19.3. The summed E-state index contributed by atoms with van der Waals surface area (Å²) < 4.78 is 0. The monoisotopic (exact) mass is 554 g/mol. The van der Waals surface area contributed by atoms with Crippen LogP contribution in [-0.2, 0) is 11.3 Å². The van der Waals surface area contributed by atoms with Gasteiger partial charge in [-0.15, -0.1) is 0 Å². The van der Waals surface area contributed by atoms with Crippen LogP contribution >= 0.6 is 11.6 Å². The molecule has 0 heterocycles. The van der Waals surface area contributed by atoms with Crippen molar-refractivity contribution in [2.75, 3.05) is 13.1 Å². The van der Waals surface area contributed by atoms with Gasteiger partial charge in [-0.1, -0.05) is 97.4 Å². The Morgan fingerprint density at radius 2 is 1.38 bits per heavy atom. The van der Waals surface area contributed by atoms with Crippen molar-refractivity contribution in [2.24, 2.45) is 0 Å². The van der Waals surface area contributed by atoms with Crippen molar-refractivity contribution in [2.45, 2.75) is 25.8 Å². The normalized spacial score (nSPS) is 11.4. The smallest absolute Gasteiger partial charge is 0.305 e. The number of nitrogens with zero attached hydrogens (tertiary/aromatic N) is 1. The highest BCUT2D eigenvalue weighted by atomic mass is 35.5. The number of carbonyl (C=O) groups is 3. The number of benzene rings is 4. The van der Waals surface area contributed by atoms with Crippen molar-refractivity contribution in [1.82, 2.24) is 10.2 Å². The van der Waals surface area contributed by atoms with Gasteiger partial charge in [0.1, 0.15) is 0 Å². The molecule has 0 radical (unpaired) electrons. The quantitative estimate of drug-likeness (QED) is 0.217. The number of nitrogens with one attached hydrogen (secondary N) is 1. The Balaban J connectivity index is 1.62. The predicted octanol–water partition coefficient (Wildman–Crippen LogP) is 6.66. The van der Waals surface area contributed by atoms with Crippen molar-refractivity contribution in [1.29, 1.82) is 0 Å². The molecule has 0 bridgehead atoms. The number of amides is 2. The van der Waals surface area contributed by atoms with Crippen LogP contribution in [-0.4, -0.2) is 40.9 Å². The summed E-state index contributed by atoms with van der Waals surface area (Å²) in [6.07, 6.45) is -0.168. The second kappa shape index (κ2) is 13.6. The highest BCUT2D eigenvalue weighted by Gasteiger charge is 2.24. The number of carbonyl (C=O) groups excluding carboxylic acids is 2. The van der Waals surface area contributed by atoms with Crippen LogP contribution in [0.3, 0.4) is 0 Å². The first kappa shape index (κ1) is 28.6. The summed E-state index contributed by atoms with van der Waals surface area (Å²) in [5.41, 5.74) is 4.04. The molecule has 0 saturated heterocycles. The maximum atomic E-state index is 14.0. The van der Waals surface area contributed by atoms with E-state index in [2.05, 4.69) is 5.32 Å². The van der Waals surface area contributed by atoms with E-state index in [-0.39, 0.29) is 30.7 Å². The number of carboxylic acids is 1. The summed E-state index contributed by atoms with van der Waals surface area (Å²) in [5, 5.41) is 12.9. The number of hydrogen-bond donors (Lipinski definition) is 2. The van der Waals surface area contributed by atoms with Gasteiger partial charge < -0.3 is 15.3 Å². The molecule has 0 spiro atoms. The van der Waals surface area contributed by atoms with E-state index in [4.69, 9.17) is 11.6 Å². The fourth-order valence-corrected chi connectivity index (χ4v) is 4.72. The molecule has 204 valence electrons. The lowest BCUT2D eigenvalue weighted by molar-refractivity contribution is -0.137. The Morgan fingerprint density at radius 3 is 2.02 bits per heavy atom. The van der Waals surface area contributed by atoms with E-state index in [0.717, 1.165) is 11.1 Å². The summed E-state index contributed by atoms with van der Waals surface area (Å²) in [6.45, 7) is 2.77. The molecule has 1 unspecified atom stereocenters. The Kier molecular flexibility index (Phi) is 9.71. The minimum absolute atomic E-state index is 0.00274. The first-order valence-corrected chi connectivity index (χ1v) is 13.5. The van der Waals surface area contributed by atoms with E-state index in [1.165, 1.54) is 0 Å². The summed E-state index contributed by atoms with van der Waals surface area (Å²) in [4.78, 5) is 40.2. The number of rotatable bonds is 11. The summed E-state index contributed by atoms with van der Waals surface area (Å²) in [7, 11) is 0. The van der Waals surface area contributed by atoms with E-state index < -0.39 is 5.97 Å². The van der Waals surface area contributed by atoms with Crippen LogP contribution in [0.1, 0.15) is 51.1 Å². The van der Waals surface area contributed by atoms with Crippen LogP contribution in [0.15, 0.2) is 103 Å². The van der Waals surface area contributed by atoms with Gasteiger partial charge in [-0.05, 0) is 52.4 Å². The minimum atomic E-state index is -0.971. The molecule has 0 fully saturated rings. The lowest BCUT2D eigenvalue weighted by Gasteiger charge is -2.27. The zero-order valence-corrected chi connectivity index (χ0v) is 23.0. The van der Waals surface area contributed by atoms with Gasteiger partial charge in [-0.3, -0.25) is 14.4 Å². The van der Waals surface area contributed by atoms with Crippen LogP contribution in [0.2, 0.25) is 5.02 Å². The SMILES string of the molecule is CC(CN(CCC(=O)O)C(=O)c1ccccc1-c1ccccc1C(=O)NCc1ccc(Cl)cc1)c1ccccc1. The molecule has 1 atom stereocenters. The fourth-order valence-electron chi connectivity index (χ4n) is 4.59. The fraction of sp³-hybridized carbons (Fsp3) is 0.182. The molecule has 0 aromatic heterocycles. The third-order valence-electron chi connectivity index (χ3n) is 6.73. The second-order valence-corrected chi connectivity index (χ2v) is 10.0. The van der Waals surface area contributed by atoms with Gasteiger partial charge in [0.25, 0.3) is 11.8 Å². The van der Waals surface area contributed by atoms with Crippen LogP contribution in [0.25, 0.3) is 11.1 Å². The highest BCUT2D eigenvalue weighted by Crippen LogP contribution is 2.29. The van der Waals surface area contributed by atoms with Crippen LogP contribution in [0, 0.1) is 0 Å². The van der Waals surface area contributed by atoms with E-state index in [1.807, 2.05) is 73.7 Å². The molecular formula is C33H31ClN2O4. The summed E-state index contributed by atoms with van der Waals surface area (Å²) in [6, 6.07) is 31.4. The third kappa shape index (κ3) is 7.36. The van der Waals surface area contributed by atoms with E-state index in [9.17, 15) is 19.5 Å². The second-order valence-electron chi connectivity index (χ2n) is 9.61. The van der Waals surface area contributed by atoms with Crippen molar-refractivity contribution < 1.29 is 19.5 Å². The van der Waals surface area contributed by atoms with E-state index in [0.29, 0.717) is 40.4 Å². The molecule has 4 rings (SSSR count).